The lowest BCUT2D eigenvalue weighted by atomic mass is 10.2. The number of carbonyl (C=O) groups excluding carboxylic acids is 1. The van der Waals surface area contributed by atoms with Crippen molar-refractivity contribution in [1.82, 2.24) is 19.2 Å². The Kier molecular flexibility index (Phi) is 4.94. The third-order valence-electron chi connectivity index (χ3n) is 4.33. The molecule has 4 rings (SSSR count). The van der Waals surface area contributed by atoms with Crippen LogP contribution in [0.5, 0.6) is 0 Å². The van der Waals surface area contributed by atoms with Gasteiger partial charge in [-0.25, -0.2) is 0 Å². The van der Waals surface area contributed by atoms with Crippen LogP contribution >= 0.6 is 27.7 Å². The highest BCUT2D eigenvalue weighted by atomic mass is 79.9. The first-order valence-corrected chi connectivity index (χ1v) is 10.3. The number of nitrogens with one attached hydrogen (secondary N) is 1. The Morgan fingerprint density at radius 2 is 2.00 bits per heavy atom. The number of anilines is 1. The van der Waals surface area contributed by atoms with Crippen molar-refractivity contribution in [2.45, 2.75) is 12.1 Å². The largest absolute Gasteiger partial charge is 0.324 e. The molecule has 0 fully saturated rings. The molecule has 9 heteroatoms. The van der Waals surface area contributed by atoms with E-state index in [9.17, 15) is 9.59 Å². The van der Waals surface area contributed by atoms with E-state index in [2.05, 4.69) is 31.4 Å². The molecule has 0 aliphatic heterocycles. The Morgan fingerprint density at radius 1 is 1.21 bits per heavy atom. The number of hydrogen-bond acceptors (Lipinski definition) is 5. The third-order valence-corrected chi connectivity index (χ3v) is 5.91. The van der Waals surface area contributed by atoms with Crippen molar-refractivity contribution in [3.8, 4) is 0 Å². The zero-order chi connectivity index (χ0) is 19.8. The highest BCUT2D eigenvalue weighted by molar-refractivity contribution is 9.10. The summed E-state index contributed by atoms with van der Waals surface area (Å²) < 4.78 is 4.10. The van der Waals surface area contributed by atoms with Crippen LogP contribution in [0.4, 0.5) is 5.69 Å². The van der Waals surface area contributed by atoms with Crippen LogP contribution in [0.2, 0.25) is 0 Å². The van der Waals surface area contributed by atoms with E-state index in [0.717, 1.165) is 21.2 Å². The van der Waals surface area contributed by atoms with Gasteiger partial charge in [-0.15, -0.1) is 10.2 Å². The molecule has 0 saturated heterocycles. The van der Waals surface area contributed by atoms with Crippen LogP contribution in [0.15, 0.2) is 56.9 Å². The van der Waals surface area contributed by atoms with E-state index < -0.39 is 0 Å². The summed E-state index contributed by atoms with van der Waals surface area (Å²) in [6.07, 6.45) is 0. The Hall–Kier alpha value is -2.65. The van der Waals surface area contributed by atoms with E-state index in [4.69, 9.17) is 0 Å². The summed E-state index contributed by atoms with van der Waals surface area (Å²) >= 11 is 4.73. The summed E-state index contributed by atoms with van der Waals surface area (Å²) in [6, 6.07) is 13.0. The monoisotopic (exact) mass is 457 g/mol. The highest BCUT2D eigenvalue weighted by Crippen LogP contribution is 2.25. The Balaban J connectivity index is 1.62. The Labute approximate surface area is 172 Å². The molecule has 1 amide bonds. The number of para-hydroxylation sites is 1. The molecule has 28 heavy (non-hydrogen) atoms. The molecule has 7 nitrogen and oxygen atoms in total. The van der Waals surface area contributed by atoms with Gasteiger partial charge in [-0.3, -0.25) is 18.6 Å². The average molecular weight is 458 g/mol. The van der Waals surface area contributed by atoms with Gasteiger partial charge in [0.1, 0.15) is 0 Å². The number of aryl methyl sites for hydroxylation is 2. The van der Waals surface area contributed by atoms with Gasteiger partial charge in [-0.2, -0.15) is 0 Å². The first kappa shape index (κ1) is 18.7. The second-order valence-electron chi connectivity index (χ2n) is 6.32. The third kappa shape index (κ3) is 3.31. The van der Waals surface area contributed by atoms with Crippen LogP contribution in [0.3, 0.4) is 0 Å². The number of carbonyl (C=O) groups is 1. The molecule has 1 N–H and O–H groups in total. The van der Waals surface area contributed by atoms with Crippen molar-refractivity contribution in [1.29, 1.82) is 0 Å². The van der Waals surface area contributed by atoms with Gasteiger partial charge in [-0.1, -0.05) is 30.0 Å². The number of rotatable bonds is 4. The summed E-state index contributed by atoms with van der Waals surface area (Å²) in [5, 5.41) is 12.3. The quantitative estimate of drug-likeness (QED) is 0.475. The lowest BCUT2D eigenvalue weighted by molar-refractivity contribution is -0.113. The maximum absolute atomic E-state index is 12.5. The zero-order valence-corrected chi connectivity index (χ0v) is 17.5. The predicted molar refractivity (Wildman–Crippen MR) is 114 cm³/mol. The number of halogens is 1. The first-order chi connectivity index (χ1) is 13.5. The molecule has 0 bridgehead atoms. The number of fused-ring (bicyclic) bond motifs is 3. The van der Waals surface area contributed by atoms with Crippen LogP contribution in [0.1, 0.15) is 5.56 Å². The van der Waals surface area contributed by atoms with Crippen LogP contribution in [-0.4, -0.2) is 30.8 Å². The summed E-state index contributed by atoms with van der Waals surface area (Å²) in [7, 11) is 1.66. The minimum atomic E-state index is -0.152. The molecule has 0 spiro atoms. The van der Waals surface area contributed by atoms with Crippen LogP contribution in [-0.2, 0) is 11.8 Å². The smallest absolute Gasteiger partial charge is 0.262 e. The van der Waals surface area contributed by atoms with Crippen molar-refractivity contribution < 1.29 is 4.79 Å². The minimum absolute atomic E-state index is 0.131. The first-order valence-electron chi connectivity index (χ1n) is 8.47. The van der Waals surface area contributed by atoms with Crippen molar-refractivity contribution in [3.05, 3.63) is 62.9 Å². The normalized spacial score (nSPS) is 11.2. The summed E-state index contributed by atoms with van der Waals surface area (Å²) in [4.78, 5) is 24.9. The van der Waals surface area contributed by atoms with Gasteiger partial charge in [0, 0.05) is 11.5 Å². The summed E-state index contributed by atoms with van der Waals surface area (Å²) in [6.45, 7) is 1.99. The molecule has 2 aromatic heterocycles. The number of nitrogens with zero attached hydrogens (tertiary/aromatic N) is 4. The topological polar surface area (TPSA) is 81.3 Å². The SMILES string of the molecule is Cc1ccc(NC(=O)CSc2nnc3n(C)c(=O)c4ccccc4n23)c(Br)c1. The van der Waals surface area contributed by atoms with Crippen LogP contribution < -0.4 is 10.9 Å². The van der Waals surface area contributed by atoms with Gasteiger partial charge in [-0.05, 0) is 52.7 Å². The molecule has 0 aliphatic rings. The molecule has 0 saturated carbocycles. The van der Waals surface area contributed by atoms with Gasteiger partial charge in [0.05, 0.1) is 22.3 Å². The zero-order valence-electron chi connectivity index (χ0n) is 15.1. The van der Waals surface area contributed by atoms with Crippen LogP contribution in [0, 0.1) is 6.92 Å². The number of hydrogen-bond donors (Lipinski definition) is 1. The fraction of sp³-hybridized carbons (Fsp3) is 0.158. The molecule has 0 radical (unpaired) electrons. The van der Waals surface area contributed by atoms with E-state index in [1.807, 2.05) is 43.3 Å². The van der Waals surface area contributed by atoms with Crippen molar-refractivity contribution >= 4 is 56.0 Å². The number of thioether (sulfide) groups is 1. The number of aromatic nitrogens is 4. The molecule has 0 aliphatic carbocycles. The molecule has 4 aromatic rings. The van der Waals surface area contributed by atoms with Crippen molar-refractivity contribution in [2.24, 2.45) is 7.05 Å². The second kappa shape index (κ2) is 7.40. The molecule has 0 unspecified atom stereocenters. The minimum Gasteiger partial charge on any atom is -0.324 e. The second-order valence-corrected chi connectivity index (χ2v) is 8.12. The lowest BCUT2D eigenvalue weighted by Crippen LogP contribution is -2.20. The maximum Gasteiger partial charge on any atom is 0.262 e. The Morgan fingerprint density at radius 3 is 2.79 bits per heavy atom. The van der Waals surface area contributed by atoms with Gasteiger partial charge < -0.3 is 5.32 Å². The van der Waals surface area contributed by atoms with E-state index in [0.29, 0.717) is 16.3 Å². The van der Waals surface area contributed by atoms with Crippen molar-refractivity contribution in [2.75, 3.05) is 11.1 Å². The molecular weight excluding hydrogens is 442 g/mol. The van der Waals surface area contributed by atoms with Crippen LogP contribution in [0.25, 0.3) is 16.7 Å². The maximum atomic E-state index is 12.5. The van der Waals surface area contributed by atoms with E-state index in [1.54, 1.807) is 17.5 Å². The van der Waals surface area contributed by atoms with Gasteiger partial charge in [0.25, 0.3) is 5.56 Å². The van der Waals surface area contributed by atoms with E-state index >= 15 is 0 Å². The van der Waals surface area contributed by atoms with Gasteiger partial charge >= 0.3 is 0 Å². The van der Waals surface area contributed by atoms with Gasteiger partial charge in [0.15, 0.2) is 5.16 Å². The molecule has 0 atom stereocenters. The molecular formula is C19H16BrN5O2S. The Bertz CT molecular complexity index is 1280. The van der Waals surface area contributed by atoms with E-state index in [1.165, 1.54) is 16.3 Å². The standard InChI is InChI=1S/C19H16BrN5O2S/c1-11-7-8-14(13(20)9-11)21-16(26)10-28-19-23-22-18-24(2)17(27)12-5-3-4-6-15(12)25(18)19/h3-9H,10H2,1-2H3,(H,21,26). The number of benzene rings is 2. The van der Waals surface area contributed by atoms with E-state index in [-0.39, 0.29) is 17.2 Å². The summed E-state index contributed by atoms with van der Waals surface area (Å²) in [5.74, 6) is 0.450. The lowest BCUT2D eigenvalue weighted by Gasteiger charge is -2.09. The highest BCUT2D eigenvalue weighted by Gasteiger charge is 2.16. The van der Waals surface area contributed by atoms with Crippen molar-refractivity contribution in [3.63, 3.8) is 0 Å². The fourth-order valence-electron chi connectivity index (χ4n) is 2.94. The summed E-state index contributed by atoms with van der Waals surface area (Å²) in [5.41, 5.74) is 2.41. The predicted octanol–water partition coefficient (Wildman–Crippen LogP) is 3.38. The molecule has 142 valence electrons. The van der Waals surface area contributed by atoms with Gasteiger partial charge in [0.2, 0.25) is 11.7 Å². The number of amides is 1. The fourth-order valence-corrected chi connectivity index (χ4v) is 4.28. The average Bonchev–Trinajstić information content (AvgIpc) is 3.11. The molecule has 2 aromatic carbocycles. The molecule has 2 heterocycles.